The van der Waals surface area contributed by atoms with Crippen LogP contribution in [0.2, 0.25) is 0 Å². The molecule has 41 heavy (non-hydrogen) atoms. The number of carbonyl (C=O) groups is 1. The van der Waals surface area contributed by atoms with Crippen molar-refractivity contribution in [2.45, 2.75) is 30.6 Å². The second kappa shape index (κ2) is 14.1. The molecule has 2 aromatic carbocycles. The SMILES string of the molecule is COc1ccc(OC)c2sc(N(CCCN3CCOCC3)C(=O)c3ccc(S(=O)(=O)N4CCCCC4)cc3)nc12.Cl. The largest absolute Gasteiger partial charge is 0.495 e. The summed E-state index contributed by atoms with van der Waals surface area (Å²) in [6.07, 6.45) is 3.53. The van der Waals surface area contributed by atoms with Gasteiger partial charge in [-0.1, -0.05) is 17.8 Å². The highest BCUT2D eigenvalue weighted by Crippen LogP contribution is 2.40. The van der Waals surface area contributed by atoms with Gasteiger partial charge in [0.2, 0.25) is 10.0 Å². The molecule has 224 valence electrons. The Morgan fingerprint density at radius 1 is 0.976 bits per heavy atom. The molecule has 1 aromatic heterocycles. The van der Waals surface area contributed by atoms with E-state index in [9.17, 15) is 13.2 Å². The van der Waals surface area contributed by atoms with Crippen LogP contribution in [0.5, 0.6) is 11.5 Å². The van der Waals surface area contributed by atoms with E-state index in [1.807, 2.05) is 6.07 Å². The predicted octanol–water partition coefficient (Wildman–Crippen LogP) is 4.28. The van der Waals surface area contributed by atoms with E-state index in [4.69, 9.17) is 19.2 Å². The lowest BCUT2D eigenvalue weighted by Gasteiger charge is -2.28. The van der Waals surface area contributed by atoms with Crippen LogP contribution in [-0.2, 0) is 14.8 Å². The lowest BCUT2D eigenvalue weighted by Crippen LogP contribution is -2.39. The van der Waals surface area contributed by atoms with Crippen molar-refractivity contribution in [2.75, 3.05) is 71.6 Å². The van der Waals surface area contributed by atoms with Crippen molar-refractivity contribution >= 4 is 55.0 Å². The summed E-state index contributed by atoms with van der Waals surface area (Å²) in [5, 5.41) is 0.537. The number of sulfonamides is 1. The number of thiazole rings is 1. The summed E-state index contributed by atoms with van der Waals surface area (Å²) in [6, 6.07) is 9.90. The third kappa shape index (κ3) is 6.95. The van der Waals surface area contributed by atoms with Crippen molar-refractivity contribution in [3.63, 3.8) is 0 Å². The first-order chi connectivity index (χ1) is 19.4. The van der Waals surface area contributed by atoms with Crippen molar-refractivity contribution in [2.24, 2.45) is 0 Å². The van der Waals surface area contributed by atoms with Gasteiger partial charge < -0.3 is 14.2 Å². The molecular weight excluding hydrogens is 588 g/mol. The number of morpholine rings is 1. The van der Waals surface area contributed by atoms with E-state index in [1.54, 1.807) is 37.3 Å². The zero-order chi connectivity index (χ0) is 28.1. The van der Waals surface area contributed by atoms with Gasteiger partial charge in [-0.25, -0.2) is 13.4 Å². The fourth-order valence-electron chi connectivity index (χ4n) is 5.13. The molecule has 13 heteroatoms. The number of aromatic nitrogens is 1. The summed E-state index contributed by atoms with van der Waals surface area (Å²) in [5.74, 6) is 1.03. The van der Waals surface area contributed by atoms with Crippen molar-refractivity contribution in [3.05, 3.63) is 42.0 Å². The first-order valence-electron chi connectivity index (χ1n) is 13.7. The van der Waals surface area contributed by atoms with Gasteiger partial charge >= 0.3 is 0 Å². The minimum atomic E-state index is -3.58. The standard InChI is InChI=1S/C28H36N4O6S2.ClH/c1-36-23-11-12-24(37-2)26-25(23)29-28(39-26)32(16-6-13-30-17-19-38-20-18-30)27(33)21-7-9-22(10-8-21)40(34,35)31-14-4-3-5-15-31;/h7-12H,3-6,13-20H2,1-2H3;1H. The molecule has 0 atom stereocenters. The van der Waals surface area contributed by atoms with Crippen LogP contribution in [0.1, 0.15) is 36.0 Å². The van der Waals surface area contributed by atoms with E-state index in [2.05, 4.69) is 4.90 Å². The number of piperidine rings is 1. The Balaban J connectivity index is 0.00000387. The zero-order valence-electron chi connectivity index (χ0n) is 23.4. The van der Waals surface area contributed by atoms with Gasteiger partial charge in [-0.05, 0) is 55.7 Å². The number of ether oxygens (including phenoxy) is 3. The van der Waals surface area contributed by atoms with Gasteiger partial charge in [-0.15, -0.1) is 12.4 Å². The molecule has 3 heterocycles. The molecule has 0 aliphatic carbocycles. The molecule has 2 saturated heterocycles. The Kier molecular flexibility index (Phi) is 10.8. The fraction of sp³-hybridized carbons (Fsp3) is 0.500. The van der Waals surface area contributed by atoms with E-state index >= 15 is 0 Å². The summed E-state index contributed by atoms with van der Waals surface area (Å²) in [4.78, 5) is 22.9. The Labute approximate surface area is 251 Å². The van der Waals surface area contributed by atoms with E-state index < -0.39 is 10.0 Å². The van der Waals surface area contributed by atoms with Crippen LogP contribution in [0.3, 0.4) is 0 Å². The number of hydrogen-bond donors (Lipinski definition) is 0. The molecule has 2 fully saturated rings. The van der Waals surface area contributed by atoms with Crippen molar-refractivity contribution in [1.29, 1.82) is 0 Å². The highest BCUT2D eigenvalue weighted by atomic mass is 35.5. The maximum Gasteiger partial charge on any atom is 0.260 e. The summed E-state index contributed by atoms with van der Waals surface area (Å²) in [6.45, 7) is 5.52. The second-order valence-corrected chi connectivity index (χ2v) is 12.8. The number of anilines is 1. The first-order valence-corrected chi connectivity index (χ1v) is 15.9. The minimum Gasteiger partial charge on any atom is -0.495 e. The molecular formula is C28H37ClN4O6S2. The Hall–Kier alpha value is -2.48. The molecule has 2 aliphatic rings. The van der Waals surface area contributed by atoms with Crippen LogP contribution in [0, 0.1) is 0 Å². The number of amides is 1. The summed E-state index contributed by atoms with van der Waals surface area (Å²) >= 11 is 1.37. The van der Waals surface area contributed by atoms with Crippen LogP contribution < -0.4 is 14.4 Å². The smallest absolute Gasteiger partial charge is 0.260 e. The molecule has 2 aliphatic heterocycles. The third-order valence-electron chi connectivity index (χ3n) is 7.39. The van der Waals surface area contributed by atoms with Gasteiger partial charge in [0, 0.05) is 44.8 Å². The van der Waals surface area contributed by atoms with Crippen LogP contribution >= 0.6 is 23.7 Å². The monoisotopic (exact) mass is 624 g/mol. The number of nitrogens with zero attached hydrogens (tertiary/aromatic N) is 4. The molecule has 0 N–H and O–H groups in total. The third-order valence-corrected chi connectivity index (χ3v) is 10.4. The van der Waals surface area contributed by atoms with Crippen LogP contribution in [0.4, 0.5) is 5.13 Å². The molecule has 1 amide bonds. The number of halogens is 1. The average molecular weight is 625 g/mol. The van der Waals surface area contributed by atoms with Crippen LogP contribution in [0.25, 0.3) is 10.2 Å². The van der Waals surface area contributed by atoms with Crippen molar-refractivity contribution < 1.29 is 27.4 Å². The maximum absolute atomic E-state index is 13.9. The van der Waals surface area contributed by atoms with Crippen LogP contribution in [-0.4, -0.2) is 95.2 Å². The van der Waals surface area contributed by atoms with Crippen LogP contribution in [0.15, 0.2) is 41.3 Å². The van der Waals surface area contributed by atoms with E-state index in [0.717, 1.165) is 50.0 Å². The maximum atomic E-state index is 13.9. The molecule has 3 aromatic rings. The topological polar surface area (TPSA) is 102 Å². The molecule has 0 radical (unpaired) electrons. The molecule has 0 bridgehead atoms. The van der Waals surface area contributed by atoms with E-state index in [1.165, 1.54) is 27.8 Å². The van der Waals surface area contributed by atoms with Gasteiger partial charge in [0.15, 0.2) is 5.13 Å². The number of fused-ring (bicyclic) bond motifs is 1. The molecule has 0 unspecified atom stereocenters. The first kappa shape index (κ1) is 31.5. The number of rotatable bonds is 10. The Morgan fingerprint density at radius 3 is 2.29 bits per heavy atom. The van der Waals surface area contributed by atoms with Gasteiger partial charge in [-0.2, -0.15) is 4.31 Å². The Morgan fingerprint density at radius 2 is 1.63 bits per heavy atom. The molecule has 10 nitrogen and oxygen atoms in total. The number of benzene rings is 2. The highest BCUT2D eigenvalue weighted by molar-refractivity contribution is 7.89. The van der Waals surface area contributed by atoms with Crippen molar-refractivity contribution in [3.8, 4) is 11.5 Å². The van der Waals surface area contributed by atoms with E-state index in [0.29, 0.717) is 60.6 Å². The Bertz CT molecular complexity index is 1380. The normalized spacial score (nSPS) is 16.7. The highest BCUT2D eigenvalue weighted by Gasteiger charge is 2.28. The molecule has 0 saturated carbocycles. The van der Waals surface area contributed by atoms with E-state index in [-0.39, 0.29) is 23.2 Å². The predicted molar refractivity (Wildman–Crippen MR) is 163 cm³/mol. The van der Waals surface area contributed by atoms with Gasteiger partial charge in [0.05, 0.1) is 32.3 Å². The lowest BCUT2D eigenvalue weighted by atomic mass is 10.2. The van der Waals surface area contributed by atoms with Gasteiger partial charge in [0.1, 0.15) is 21.7 Å². The number of methoxy groups -OCH3 is 2. The summed E-state index contributed by atoms with van der Waals surface area (Å²) in [5.41, 5.74) is 1.04. The fourth-order valence-corrected chi connectivity index (χ4v) is 7.75. The summed E-state index contributed by atoms with van der Waals surface area (Å²) < 4.78 is 45.1. The zero-order valence-corrected chi connectivity index (χ0v) is 25.9. The number of hydrogen-bond acceptors (Lipinski definition) is 9. The van der Waals surface area contributed by atoms with Gasteiger partial charge in [-0.3, -0.25) is 14.6 Å². The molecule has 0 spiro atoms. The quantitative estimate of drug-likeness (QED) is 0.330. The van der Waals surface area contributed by atoms with Crippen molar-refractivity contribution in [1.82, 2.24) is 14.2 Å². The summed E-state index contributed by atoms with van der Waals surface area (Å²) in [7, 11) is -0.391. The minimum absolute atomic E-state index is 0. The number of carbonyl (C=O) groups excluding carboxylic acids is 1. The van der Waals surface area contributed by atoms with Gasteiger partial charge in [0.25, 0.3) is 5.91 Å². The average Bonchev–Trinajstić information content (AvgIpc) is 3.45. The molecule has 5 rings (SSSR count). The second-order valence-electron chi connectivity index (χ2n) is 9.90. The lowest BCUT2D eigenvalue weighted by molar-refractivity contribution is 0.0376.